The van der Waals surface area contributed by atoms with Crippen molar-refractivity contribution in [3.63, 3.8) is 0 Å². The van der Waals surface area contributed by atoms with Crippen molar-refractivity contribution in [2.75, 3.05) is 6.61 Å². The molecule has 0 spiro atoms. The molecule has 0 aliphatic rings. The number of carbonyl (C=O) groups is 2. The number of ether oxygens (including phenoxy) is 2. The maximum absolute atomic E-state index is 13.7. The standard InChI is InChI=1S/C38H39NO4/c1-4-42-36(40)15-10-24-39-26-34(33-13-8-9-14-35(33)39)37(41)29-20-22-32(23-21-29)43-38(30-11-6-5-7-12-30)31-18-16-28(17-19-31)25-27(2)3/h5-9,11-14,16-23,26-27,38H,4,10,15,24-25H2,1-3H3. The Morgan fingerprint density at radius 1 is 0.791 bits per heavy atom. The molecular formula is C38H39NO4. The lowest BCUT2D eigenvalue weighted by molar-refractivity contribution is -0.143. The average molecular weight is 574 g/mol. The lowest BCUT2D eigenvalue weighted by atomic mass is 9.97. The molecule has 1 atom stereocenters. The van der Waals surface area contributed by atoms with Gasteiger partial charge in [0, 0.05) is 41.2 Å². The van der Waals surface area contributed by atoms with Crippen LogP contribution in [0.3, 0.4) is 0 Å². The summed E-state index contributed by atoms with van der Waals surface area (Å²) < 4.78 is 13.7. The first-order valence-corrected chi connectivity index (χ1v) is 15.1. The van der Waals surface area contributed by atoms with E-state index in [1.165, 1.54) is 5.56 Å². The van der Waals surface area contributed by atoms with Crippen LogP contribution in [0.25, 0.3) is 10.9 Å². The number of rotatable bonds is 13. The van der Waals surface area contributed by atoms with E-state index in [0.717, 1.165) is 28.5 Å². The van der Waals surface area contributed by atoms with Crippen LogP contribution in [-0.2, 0) is 22.5 Å². The summed E-state index contributed by atoms with van der Waals surface area (Å²) in [5.41, 5.74) is 5.67. The molecule has 0 saturated carbocycles. The molecule has 1 aromatic heterocycles. The molecule has 0 N–H and O–H groups in total. The first-order valence-electron chi connectivity index (χ1n) is 15.1. The molecule has 1 unspecified atom stereocenters. The van der Waals surface area contributed by atoms with Gasteiger partial charge in [0.2, 0.25) is 0 Å². The lowest BCUT2D eigenvalue weighted by Gasteiger charge is -2.21. The van der Waals surface area contributed by atoms with Gasteiger partial charge in [-0.1, -0.05) is 86.6 Å². The number of fused-ring (bicyclic) bond motifs is 1. The fourth-order valence-corrected chi connectivity index (χ4v) is 5.47. The zero-order valence-electron chi connectivity index (χ0n) is 25.2. The molecule has 5 rings (SSSR count). The van der Waals surface area contributed by atoms with Gasteiger partial charge in [-0.3, -0.25) is 9.59 Å². The van der Waals surface area contributed by atoms with Gasteiger partial charge in [0.15, 0.2) is 5.78 Å². The Labute approximate surface area is 254 Å². The Balaban J connectivity index is 1.35. The third-order valence-electron chi connectivity index (χ3n) is 7.52. The van der Waals surface area contributed by atoms with E-state index in [0.29, 0.717) is 48.8 Å². The molecule has 0 bridgehead atoms. The topological polar surface area (TPSA) is 57.5 Å². The normalized spacial score (nSPS) is 11.9. The van der Waals surface area contributed by atoms with Gasteiger partial charge in [0.25, 0.3) is 0 Å². The Morgan fingerprint density at radius 3 is 2.16 bits per heavy atom. The summed E-state index contributed by atoms with van der Waals surface area (Å²) in [4.78, 5) is 25.5. The number of hydrogen-bond acceptors (Lipinski definition) is 4. The molecule has 0 fully saturated rings. The smallest absolute Gasteiger partial charge is 0.305 e. The third-order valence-corrected chi connectivity index (χ3v) is 7.52. The minimum Gasteiger partial charge on any atom is -0.481 e. The van der Waals surface area contributed by atoms with Crippen LogP contribution in [0.15, 0.2) is 109 Å². The summed E-state index contributed by atoms with van der Waals surface area (Å²) in [7, 11) is 0. The number of carbonyl (C=O) groups excluding carboxylic acids is 2. The van der Waals surface area contributed by atoms with Crippen LogP contribution >= 0.6 is 0 Å². The van der Waals surface area contributed by atoms with Crippen molar-refractivity contribution in [2.45, 2.75) is 52.7 Å². The molecule has 5 nitrogen and oxygen atoms in total. The average Bonchev–Trinajstić information content (AvgIpc) is 3.39. The Morgan fingerprint density at radius 2 is 1.47 bits per heavy atom. The molecule has 1 heterocycles. The maximum atomic E-state index is 13.7. The largest absolute Gasteiger partial charge is 0.481 e. The molecule has 0 aliphatic carbocycles. The minimum atomic E-state index is -0.275. The quantitative estimate of drug-likeness (QED) is 0.105. The SMILES string of the molecule is CCOC(=O)CCCn1cc(C(=O)c2ccc(OC(c3ccccc3)c3ccc(CC(C)C)cc3)cc2)c2ccccc21. The van der Waals surface area contributed by atoms with Gasteiger partial charge in [-0.25, -0.2) is 0 Å². The number of benzene rings is 4. The van der Waals surface area contributed by atoms with E-state index in [4.69, 9.17) is 9.47 Å². The van der Waals surface area contributed by atoms with Gasteiger partial charge < -0.3 is 14.0 Å². The van der Waals surface area contributed by atoms with Gasteiger partial charge in [-0.15, -0.1) is 0 Å². The second-order valence-electron chi connectivity index (χ2n) is 11.3. The van der Waals surface area contributed by atoms with Crippen molar-refractivity contribution in [1.29, 1.82) is 0 Å². The van der Waals surface area contributed by atoms with E-state index in [1.54, 1.807) is 0 Å². The predicted octanol–water partition coefficient (Wildman–Crippen LogP) is 8.58. The predicted molar refractivity (Wildman–Crippen MR) is 172 cm³/mol. The Hall–Kier alpha value is -4.64. The van der Waals surface area contributed by atoms with E-state index < -0.39 is 0 Å². The van der Waals surface area contributed by atoms with Gasteiger partial charge >= 0.3 is 5.97 Å². The minimum absolute atomic E-state index is 0.0488. The van der Waals surface area contributed by atoms with Crippen LogP contribution in [0.1, 0.15) is 72.3 Å². The fraction of sp³-hybridized carbons (Fsp3) is 0.263. The van der Waals surface area contributed by atoms with E-state index in [1.807, 2.05) is 79.9 Å². The van der Waals surface area contributed by atoms with Gasteiger partial charge in [-0.2, -0.15) is 0 Å². The van der Waals surface area contributed by atoms with E-state index in [2.05, 4.69) is 54.8 Å². The summed E-state index contributed by atoms with van der Waals surface area (Å²) in [6, 6.07) is 34.2. The van der Waals surface area contributed by atoms with Crippen molar-refractivity contribution in [2.24, 2.45) is 5.92 Å². The Kier molecular flexibility index (Phi) is 9.73. The maximum Gasteiger partial charge on any atom is 0.305 e. The van der Waals surface area contributed by atoms with Crippen molar-refractivity contribution in [1.82, 2.24) is 4.57 Å². The molecule has 0 amide bonds. The Bertz CT molecular complexity index is 1650. The van der Waals surface area contributed by atoms with Gasteiger partial charge in [0.1, 0.15) is 11.9 Å². The molecule has 0 saturated heterocycles. The first kappa shape index (κ1) is 29.8. The van der Waals surface area contributed by atoms with Crippen LogP contribution in [-0.4, -0.2) is 22.9 Å². The zero-order chi connectivity index (χ0) is 30.2. The summed E-state index contributed by atoms with van der Waals surface area (Å²) in [6.07, 6.45) is 3.65. The molecule has 4 aromatic carbocycles. The number of aryl methyl sites for hydroxylation is 1. The number of hydrogen-bond donors (Lipinski definition) is 0. The molecule has 5 aromatic rings. The number of nitrogens with zero attached hydrogens (tertiary/aromatic N) is 1. The van der Waals surface area contributed by atoms with Crippen LogP contribution in [0.4, 0.5) is 0 Å². The highest BCUT2D eigenvalue weighted by atomic mass is 16.5. The highest BCUT2D eigenvalue weighted by Gasteiger charge is 2.19. The lowest BCUT2D eigenvalue weighted by Crippen LogP contribution is -2.10. The second kappa shape index (κ2) is 14.0. The van der Waals surface area contributed by atoms with Crippen LogP contribution < -0.4 is 4.74 Å². The number of para-hydroxylation sites is 1. The highest BCUT2D eigenvalue weighted by molar-refractivity contribution is 6.16. The molecule has 220 valence electrons. The molecule has 43 heavy (non-hydrogen) atoms. The van der Waals surface area contributed by atoms with Crippen LogP contribution in [0, 0.1) is 5.92 Å². The van der Waals surface area contributed by atoms with E-state index >= 15 is 0 Å². The van der Waals surface area contributed by atoms with Gasteiger partial charge in [0.05, 0.1) is 6.61 Å². The monoisotopic (exact) mass is 573 g/mol. The molecule has 0 radical (unpaired) electrons. The van der Waals surface area contributed by atoms with Crippen molar-refractivity contribution < 1.29 is 19.1 Å². The van der Waals surface area contributed by atoms with Crippen LogP contribution in [0.5, 0.6) is 5.75 Å². The van der Waals surface area contributed by atoms with Crippen molar-refractivity contribution >= 4 is 22.7 Å². The van der Waals surface area contributed by atoms with E-state index in [9.17, 15) is 9.59 Å². The van der Waals surface area contributed by atoms with E-state index in [-0.39, 0.29) is 17.9 Å². The number of aromatic nitrogens is 1. The summed E-state index contributed by atoms with van der Waals surface area (Å²) >= 11 is 0. The summed E-state index contributed by atoms with van der Waals surface area (Å²) in [5.74, 6) is 1.04. The molecular weight excluding hydrogens is 534 g/mol. The number of esters is 1. The number of ketones is 1. The van der Waals surface area contributed by atoms with Crippen LogP contribution in [0.2, 0.25) is 0 Å². The van der Waals surface area contributed by atoms with Crippen molar-refractivity contribution in [3.05, 3.63) is 137 Å². The zero-order valence-corrected chi connectivity index (χ0v) is 25.2. The molecule has 5 heteroatoms. The summed E-state index contributed by atoms with van der Waals surface area (Å²) in [6.45, 7) is 7.27. The molecule has 0 aliphatic heterocycles. The fourth-order valence-electron chi connectivity index (χ4n) is 5.47. The second-order valence-corrected chi connectivity index (χ2v) is 11.3. The highest BCUT2D eigenvalue weighted by Crippen LogP contribution is 2.30. The third kappa shape index (κ3) is 7.42. The first-order chi connectivity index (χ1) is 20.9. The van der Waals surface area contributed by atoms with Crippen molar-refractivity contribution in [3.8, 4) is 5.75 Å². The summed E-state index contributed by atoms with van der Waals surface area (Å²) in [5, 5.41) is 0.897. The van der Waals surface area contributed by atoms with Gasteiger partial charge in [-0.05, 0) is 72.7 Å².